The highest BCUT2D eigenvalue weighted by Crippen LogP contribution is 2.23. The van der Waals surface area contributed by atoms with Gasteiger partial charge in [0.25, 0.3) is 0 Å². The number of thioether (sulfide) groups is 2. The largest absolute Gasteiger partial charge is 0.383 e. The second-order valence-corrected chi connectivity index (χ2v) is 6.10. The predicted octanol–water partition coefficient (Wildman–Crippen LogP) is 2.34. The molecular weight excluding hydrogens is 252 g/mol. The highest BCUT2D eigenvalue weighted by Gasteiger charge is 2.13. The first-order chi connectivity index (χ1) is 8.28. The van der Waals surface area contributed by atoms with E-state index in [2.05, 4.69) is 27.0 Å². The molecule has 0 spiro atoms. The molecule has 0 saturated carbocycles. The SMILES string of the molecule is CSc1nc(N)cc(NCC2CCSCC2)n1. The fourth-order valence-electron chi connectivity index (χ4n) is 1.82. The van der Waals surface area contributed by atoms with E-state index in [1.54, 1.807) is 6.07 Å². The van der Waals surface area contributed by atoms with E-state index in [1.807, 2.05) is 6.26 Å². The van der Waals surface area contributed by atoms with Crippen LogP contribution in [-0.2, 0) is 0 Å². The van der Waals surface area contributed by atoms with Crippen molar-refractivity contribution in [3.63, 3.8) is 0 Å². The lowest BCUT2D eigenvalue weighted by Gasteiger charge is -2.21. The molecule has 17 heavy (non-hydrogen) atoms. The summed E-state index contributed by atoms with van der Waals surface area (Å²) in [5, 5.41) is 4.10. The first-order valence-corrected chi connectivity index (χ1v) is 8.16. The van der Waals surface area contributed by atoms with E-state index in [4.69, 9.17) is 5.73 Å². The average Bonchev–Trinajstić information content (AvgIpc) is 2.37. The Morgan fingerprint density at radius 2 is 2.24 bits per heavy atom. The van der Waals surface area contributed by atoms with Crippen molar-refractivity contribution >= 4 is 35.2 Å². The first-order valence-electron chi connectivity index (χ1n) is 5.78. The van der Waals surface area contributed by atoms with Crippen molar-refractivity contribution in [3.8, 4) is 0 Å². The minimum Gasteiger partial charge on any atom is -0.383 e. The summed E-state index contributed by atoms with van der Waals surface area (Å²) in [6.07, 6.45) is 4.55. The van der Waals surface area contributed by atoms with Crippen LogP contribution in [0.4, 0.5) is 11.6 Å². The Balaban J connectivity index is 1.91. The van der Waals surface area contributed by atoms with Gasteiger partial charge < -0.3 is 11.1 Å². The average molecular weight is 270 g/mol. The van der Waals surface area contributed by atoms with Crippen LogP contribution in [0.3, 0.4) is 0 Å². The van der Waals surface area contributed by atoms with Gasteiger partial charge in [0.2, 0.25) is 0 Å². The Labute approximate surface area is 111 Å². The molecule has 1 fully saturated rings. The molecule has 1 aliphatic heterocycles. The summed E-state index contributed by atoms with van der Waals surface area (Å²) in [5.41, 5.74) is 5.74. The molecule has 1 saturated heterocycles. The van der Waals surface area contributed by atoms with Crippen LogP contribution in [0.15, 0.2) is 11.2 Å². The summed E-state index contributed by atoms with van der Waals surface area (Å²) in [6, 6.07) is 1.80. The van der Waals surface area contributed by atoms with Crippen molar-refractivity contribution in [2.45, 2.75) is 18.0 Å². The fourth-order valence-corrected chi connectivity index (χ4v) is 3.41. The quantitative estimate of drug-likeness (QED) is 0.647. The van der Waals surface area contributed by atoms with E-state index in [0.717, 1.165) is 23.4 Å². The molecule has 0 bridgehead atoms. The number of aromatic nitrogens is 2. The van der Waals surface area contributed by atoms with Gasteiger partial charge in [-0.25, -0.2) is 9.97 Å². The molecule has 1 aromatic rings. The normalized spacial score (nSPS) is 17.0. The number of hydrogen-bond donors (Lipinski definition) is 2. The summed E-state index contributed by atoms with van der Waals surface area (Å²) in [6.45, 7) is 0.991. The number of nitrogens with two attached hydrogens (primary N) is 1. The highest BCUT2D eigenvalue weighted by atomic mass is 32.2. The van der Waals surface area contributed by atoms with E-state index < -0.39 is 0 Å². The molecule has 0 aromatic carbocycles. The number of nitrogens with one attached hydrogen (secondary N) is 1. The number of hydrogen-bond acceptors (Lipinski definition) is 6. The number of anilines is 2. The Kier molecular flexibility index (Phi) is 4.79. The number of nitrogens with zero attached hydrogens (tertiary/aromatic N) is 2. The van der Waals surface area contributed by atoms with Crippen molar-refractivity contribution < 1.29 is 0 Å². The van der Waals surface area contributed by atoms with E-state index in [-0.39, 0.29) is 0 Å². The van der Waals surface area contributed by atoms with Gasteiger partial charge in [-0.05, 0) is 36.5 Å². The summed E-state index contributed by atoms with van der Waals surface area (Å²) >= 11 is 3.57. The van der Waals surface area contributed by atoms with Gasteiger partial charge >= 0.3 is 0 Å². The van der Waals surface area contributed by atoms with E-state index in [0.29, 0.717) is 5.82 Å². The molecule has 0 radical (unpaired) electrons. The van der Waals surface area contributed by atoms with Crippen LogP contribution in [0.2, 0.25) is 0 Å². The maximum Gasteiger partial charge on any atom is 0.191 e. The van der Waals surface area contributed by atoms with Crippen molar-refractivity contribution in [1.82, 2.24) is 9.97 Å². The van der Waals surface area contributed by atoms with Crippen LogP contribution in [0.1, 0.15) is 12.8 Å². The van der Waals surface area contributed by atoms with Crippen LogP contribution in [-0.4, -0.2) is 34.3 Å². The highest BCUT2D eigenvalue weighted by molar-refractivity contribution is 7.99. The van der Waals surface area contributed by atoms with Gasteiger partial charge in [-0.3, -0.25) is 0 Å². The first kappa shape index (κ1) is 12.8. The molecule has 1 aromatic heterocycles. The Hall–Kier alpha value is -0.620. The van der Waals surface area contributed by atoms with Crippen molar-refractivity contribution in [3.05, 3.63) is 6.07 Å². The van der Waals surface area contributed by atoms with Crippen LogP contribution < -0.4 is 11.1 Å². The maximum atomic E-state index is 5.74. The van der Waals surface area contributed by atoms with E-state index >= 15 is 0 Å². The van der Waals surface area contributed by atoms with Gasteiger partial charge in [0, 0.05) is 12.6 Å². The van der Waals surface area contributed by atoms with Gasteiger partial charge in [-0.1, -0.05) is 11.8 Å². The zero-order chi connectivity index (χ0) is 12.1. The molecule has 1 aliphatic rings. The molecular formula is C11H18N4S2. The zero-order valence-electron chi connectivity index (χ0n) is 9.98. The lowest BCUT2D eigenvalue weighted by atomic mass is 10.0. The molecule has 0 atom stereocenters. The van der Waals surface area contributed by atoms with Crippen LogP contribution >= 0.6 is 23.5 Å². The molecule has 94 valence electrons. The van der Waals surface area contributed by atoms with Gasteiger partial charge in [0.05, 0.1) is 0 Å². The lowest BCUT2D eigenvalue weighted by Crippen LogP contribution is -2.19. The third-order valence-electron chi connectivity index (χ3n) is 2.82. The lowest BCUT2D eigenvalue weighted by molar-refractivity contribution is 0.515. The van der Waals surface area contributed by atoms with Crippen LogP contribution in [0.25, 0.3) is 0 Å². The maximum absolute atomic E-state index is 5.74. The molecule has 3 N–H and O–H groups in total. The van der Waals surface area contributed by atoms with Crippen LogP contribution in [0.5, 0.6) is 0 Å². The van der Waals surface area contributed by atoms with Gasteiger partial charge in [0.15, 0.2) is 5.16 Å². The topological polar surface area (TPSA) is 63.8 Å². The smallest absolute Gasteiger partial charge is 0.191 e. The molecule has 0 aliphatic carbocycles. The Bertz CT molecular complexity index is 366. The predicted molar refractivity (Wildman–Crippen MR) is 76.8 cm³/mol. The van der Waals surface area contributed by atoms with Gasteiger partial charge in [0.1, 0.15) is 11.6 Å². The van der Waals surface area contributed by atoms with E-state index in [9.17, 15) is 0 Å². The fraction of sp³-hybridized carbons (Fsp3) is 0.636. The van der Waals surface area contributed by atoms with E-state index in [1.165, 1.54) is 36.1 Å². The molecule has 2 heterocycles. The third kappa shape index (κ3) is 3.96. The summed E-state index contributed by atoms with van der Waals surface area (Å²) in [5.74, 6) is 4.72. The molecule has 6 heteroatoms. The molecule has 0 amide bonds. The molecule has 2 rings (SSSR count). The minimum absolute atomic E-state index is 0.533. The van der Waals surface area contributed by atoms with Crippen LogP contribution in [0, 0.1) is 5.92 Å². The van der Waals surface area contributed by atoms with Crippen molar-refractivity contribution in [2.24, 2.45) is 5.92 Å². The monoisotopic (exact) mass is 270 g/mol. The molecule has 4 nitrogen and oxygen atoms in total. The zero-order valence-corrected chi connectivity index (χ0v) is 11.6. The Morgan fingerprint density at radius 3 is 2.94 bits per heavy atom. The second-order valence-electron chi connectivity index (χ2n) is 4.10. The van der Waals surface area contributed by atoms with Gasteiger partial charge in [-0.2, -0.15) is 11.8 Å². The van der Waals surface area contributed by atoms with Crippen molar-refractivity contribution in [2.75, 3.05) is 35.4 Å². The summed E-state index contributed by atoms with van der Waals surface area (Å²) in [7, 11) is 0. The minimum atomic E-state index is 0.533. The molecule has 0 unspecified atom stereocenters. The summed E-state index contributed by atoms with van der Waals surface area (Å²) < 4.78 is 0. The van der Waals surface area contributed by atoms with Gasteiger partial charge in [-0.15, -0.1) is 0 Å². The third-order valence-corrected chi connectivity index (χ3v) is 4.42. The number of rotatable bonds is 4. The Morgan fingerprint density at radius 1 is 1.47 bits per heavy atom. The van der Waals surface area contributed by atoms with Crippen molar-refractivity contribution in [1.29, 1.82) is 0 Å². The summed E-state index contributed by atoms with van der Waals surface area (Å²) in [4.78, 5) is 8.53. The number of nitrogen functional groups attached to an aromatic ring is 1. The standard InChI is InChI=1S/C11H18N4S2/c1-16-11-14-9(12)6-10(15-11)13-7-8-2-4-17-5-3-8/h6,8H,2-5,7H2,1H3,(H3,12,13,14,15). The second kappa shape index (κ2) is 6.35.